The van der Waals surface area contributed by atoms with Crippen LogP contribution in [-0.2, 0) is 4.79 Å². The predicted molar refractivity (Wildman–Crippen MR) is 143 cm³/mol. The molecule has 36 heavy (non-hydrogen) atoms. The van der Waals surface area contributed by atoms with Crippen molar-refractivity contribution in [2.45, 2.75) is 90.6 Å². The summed E-state index contributed by atoms with van der Waals surface area (Å²) < 4.78 is 5.24. The van der Waals surface area contributed by atoms with E-state index in [1.165, 1.54) is 0 Å². The molecule has 1 aliphatic rings. The zero-order chi connectivity index (χ0) is 26.2. The van der Waals surface area contributed by atoms with Crippen molar-refractivity contribution in [2.75, 3.05) is 25.0 Å². The molecule has 2 atom stereocenters. The van der Waals surface area contributed by atoms with Crippen molar-refractivity contribution in [1.82, 2.24) is 15.2 Å². The zero-order valence-electron chi connectivity index (χ0n) is 22.2. The van der Waals surface area contributed by atoms with Crippen molar-refractivity contribution >= 4 is 22.7 Å². The Morgan fingerprint density at radius 1 is 1.22 bits per heavy atom. The third-order valence-corrected chi connectivity index (χ3v) is 7.74. The Labute approximate surface area is 214 Å². The number of piperidine rings is 1. The Hall–Kier alpha value is -2.92. The van der Waals surface area contributed by atoms with Crippen LogP contribution in [-0.4, -0.2) is 47.0 Å². The van der Waals surface area contributed by atoms with Gasteiger partial charge in [-0.25, -0.2) is 4.79 Å². The van der Waals surface area contributed by atoms with Crippen molar-refractivity contribution in [1.29, 1.82) is 5.26 Å². The maximum absolute atomic E-state index is 13.7. The van der Waals surface area contributed by atoms with E-state index >= 15 is 0 Å². The van der Waals surface area contributed by atoms with Crippen LogP contribution in [0.1, 0.15) is 79.1 Å². The smallest absolute Gasteiger partial charge is 0.408 e. The Balaban J connectivity index is 1.86. The van der Waals surface area contributed by atoms with Gasteiger partial charge in [-0.2, -0.15) is 10.2 Å². The van der Waals surface area contributed by atoms with E-state index in [-0.39, 0.29) is 11.3 Å². The van der Waals surface area contributed by atoms with Gasteiger partial charge in [0.25, 0.3) is 0 Å². The molecule has 0 saturated carbocycles. The van der Waals surface area contributed by atoms with Gasteiger partial charge in [-0.15, -0.1) is 0 Å². The number of aromatic nitrogens is 1. The number of nitrogens with zero attached hydrogens (tertiary/aromatic N) is 3. The molecule has 8 heteroatoms. The van der Waals surface area contributed by atoms with Crippen LogP contribution >= 0.6 is 0 Å². The number of benzene rings is 1. The summed E-state index contributed by atoms with van der Waals surface area (Å²) in [5, 5.41) is 17.1. The number of hydrogen-bond acceptors (Lipinski definition) is 7. The van der Waals surface area contributed by atoms with Gasteiger partial charge in [0.05, 0.1) is 11.5 Å². The molecule has 0 aliphatic carbocycles. The lowest BCUT2D eigenvalue weighted by Gasteiger charge is -2.38. The molecule has 1 aromatic heterocycles. The van der Waals surface area contributed by atoms with Crippen LogP contribution in [0.5, 0.6) is 0 Å². The number of likely N-dealkylation sites (tertiary alicyclic amines) is 1. The summed E-state index contributed by atoms with van der Waals surface area (Å²) in [6.45, 7) is 11.3. The Bertz CT molecular complexity index is 1120. The monoisotopic (exact) mass is 495 g/mol. The van der Waals surface area contributed by atoms with Gasteiger partial charge in [0, 0.05) is 13.1 Å². The minimum Gasteiger partial charge on any atom is -0.408 e. The van der Waals surface area contributed by atoms with Crippen LogP contribution in [0.2, 0.25) is 0 Å². The molecule has 2 aromatic rings. The molecule has 1 aliphatic heterocycles. The first kappa shape index (κ1) is 27.7. The van der Waals surface area contributed by atoms with Gasteiger partial charge >= 0.3 is 5.76 Å². The third kappa shape index (κ3) is 6.85. The molecule has 1 fully saturated rings. The number of nitrogens with one attached hydrogen (secondary N) is 2. The van der Waals surface area contributed by atoms with Gasteiger partial charge in [0.2, 0.25) is 5.91 Å². The van der Waals surface area contributed by atoms with E-state index in [2.05, 4.69) is 54.3 Å². The fraction of sp³-hybridized carbons (Fsp3) is 0.643. The number of amides is 1. The van der Waals surface area contributed by atoms with E-state index < -0.39 is 17.3 Å². The van der Waals surface area contributed by atoms with E-state index in [4.69, 9.17) is 4.42 Å². The molecule has 1 saturated heterocycles. The first-order valence-corrected chi connectivity index (χ1v) is 13.4. The van der Waals surface area contributed by atoms with E-state index in [9.17, 15) is 14.9 Å². The van der Waals surface area contributed by atoms with Crippen LogP contribution in [0.25, 0.3) is 11.0 Å². The van der Waals surface area contributed by atoms with Gasteiger partial charge in [0.15, 0.2) is 0 Å². The van der Waals surface area contributed by atoms with Gasteiger partial charge in [-0.3, -0.25) is 4.79 Å². The average Bonchev–Trinajstić information content (AvgIpc) is 2.87. The number of nitriles is 1. The molecule has 0 bridgehead atoms. The summed E-state index contributed by atoms with van der Waals surface area (Å²) in [5.41, 5.74) is -0.358. The second-order valence-electron chi connectivity index (χ2n) is 10.5. The molecule has 196 valence electrons. The molecule has 1 aromatic carbocycles. The Kier molecular flexibility index (Phi) is 9.49. The Morgan fingerprint density at radius 3 is 2.58 bits per heavy atom. The minimum atomic E-state index is -0.885. The van der Waals surface area contributed by atoms with Gasteiger partial charge in [-0.05, 0) is 62.6 Å². The summed E-state index contributed by atoms with van der Waals surface area (Å²) in [6.07, 6.45) is 6.83. The van der Waals surface area contributed by atoms with E-state index in [1.807, 2.05) is 12.1 Å². The maximum atomic E-state index is 13.7. The quantitative estimate of drug-likeness (QED) is 0.433. The van der Waals surface area contributed by atoms with E-state index in [1.54, 1.807) is 12.1 Å². The maximum Gasteiger partial charge on any atom is 0.441 e. The van der Waals surface area contributed by atoms with Gasteiger partial charge in [-0.1, -0.05) is 52.7 Å². The van der Waals surface area contributed by atoms with Gasteiger partial charge < -0.3 is 20.0 Å². The number of carbonyl (C=O) groups excluding carboxylic acids is 1. The van der Waals surface area contributed by atoms with Crippen LogP contribution in [0.3, 0.4) is 0 Å². The highest BCUT2D eigenvalue weighted by atomic mass is 16.4. The molecule has 3 rings (SSSR count). The summed E-state index contributed by atoms with van der Waals surface area (Å²) in [5.74, 6) is -0.606. The van der Waals surface area contributed by atoms with Crippen molar-refractivity contribution in [3.8, 4) is 6.07 Å². The standard InChI is InChI=1S/C28H41N5O3/c1-5-13-27(4,7-3)14-12-22(30-24-21-10-8-9-11-23(21)36-26(35)31-24)25(34)32-28(20-29)15-18-33(17-6-2)19-16-28/h8-11,22H,5-7,12-19H2,1-4H3,(H,32,34)(H,30,31,35). The summed E-state index contributed by atoms with van der Waals surface area (Å²) in [7, 11) is 0. The second kappa shape index (κ2) is 12.4. The van der Waals surface area contributed by atoms with Crippen molar-refractivity contribution < 1.29 is 9.21 Å². The largest absolute Gasteiger partial charge is 0.441 e. The number of hydrogen-bond donors (Lipinski definition) is 2. The predicted octanol–water partition coefficient (Wildman–Crippen LogP) is 4.85. The molecule has 0 spiro atoms. The van der Waals surface area contributed by atoms with Crippen LogP contribution in [0.15, 0.2) is 33.5 Å². The molecular weight excluding hydrogens is 454 g/mol. The second-order valence-corrected chi connectivity index (χ2v) is 10.5. The molecular formula is C28H41N5O3. The van der Waals surface area contributed by atoms with Crippen molar-refractivity contribution in [2.24, 2.45) is 5.41 Å². The fourth-order valence-corrected chi connectivity index (χ4v) is 5.20. The molecule has 2 heterocycles. The van der Waals surface area contributed by atoms with Crippen molar-refractivity contribution in [3.05, 3.63) is 34.8 Å². The lowest BCUT2D eigenvalue weighted by molar-refractivity contribution is -0.124. The number of rotatable bonds is 12. The molecule has 0 radical (unpaired) electrons. The van der Waals surface area contributed by atoms with Crippen LogP contribution < -0.4 is 16.4 Å². The molecule has 2 N–H and O–H groups in total. The lowest BCUT2D eigenvalue weighted by Crippen LogP contribution is -2.57. The number of fused-ring (bicyclic) bond motifs is 1. The van der Waals surface area contributed by atoms with E-state index in [0.29, 0.717) is 36.0 Å². The van der Waals surface area contributed by atoms with E-state index in [0.717, 1.165) is 51.7 Å². The first-order valence-electron chi connectivity index (χ1n) is 13.4. The number of carbonyl (C=O) groups is 1. The summed E-state index contributed by atoms with van der Waals surface area (Å²) >= 11 is 0. The summed E-state index contributed by atoms with van der Waals surface area (Å²) in [6, 6.07) is 8.93. The highest BCUT2D eigenvalue weighted by molar-refractivity contribution is 5.91. The fourth-order valence-electron chi connectivity index (χ4n) is 5.20. The van der Waals surface area contributed by atoms with Crippen LogP contribution in [0, 0.1) is 16.7 Å². The lowest BCUT2D eigenvalue weighted by atomic mass is 9.78. The third-order valence-electron chi connectivity index (χ3n) is 7.74. The van der Waals surface area contributed by atoms with Gasteiger partial charge in [0.1, 0.15) is 23.0 Å². The highest BCUT2D eigenvalue weighted by Crippen LogP contribution is 2.34. The minimum absolute atomic E-state index is 0.110. The molecule has 1 amide bonds. The number of anilines is 1. The Morgan fingerprint density at radius 2 is 1.94 bits per heavy atom. The topological polar surface area (TPSA) is 111 Å². The average molecular weight is 496 g/mol. The normalized spacial score (nSPS) is 18.2. The molecule has 2 unspecified atom stereocenters. The molecule has 8 nitrogen and oxygen atoms in total. The SMILES string of the molecule is CCCN1CCC(C#N)(NC(=O)C(CCC(C)(CC)CCC)Nc2nc(=O)oc3ccccc23)CC1. The van der Waals surface area contributed by atoms with Crippen LogP contribution in [0.4, 0.5) is 5.82 Å². The van der Waals surface area contributed by atoms with Crippen molar-refractivity contribution in [3.63, 3.8) is 0 Å². The number of para-hydroxylation sites is 1. The zero-order valence-corrected chi connectivity index (χ0v) is 22.2. The summed E-state index contributed by atoms with van der Waals surface area (Å²) in [4.78, 5) is 32.2. The highest BCUT2D eigenvalue weighted by Gasteiger charge is 2.38. The first-order chi connectivity index (χ1) is 17.3.